The van der Waals surface area contributed by atoms with E-state index in [9.17, 15) is 9.59 Å². The monoisotopic (exact) mass is 447 g/mol. The zero-order valence-electron chi connectivity index (χ0n) is 18.7. The van der Waals surface area contributed by atoms with Crippen LogP contribution >= 0.6 is 0 Å². The summed E-state index contributed by atoms with van der Waals surface area (Å²) in [4.78, 5) is 30.7. The van der Waals surface area contributed by atoms with E-state index in [0.29, 0.717) is 18.8 Å². The fraction of sp³-hybridized carbons (Fsp3) is 0.320. The van der Waals surface area contributed by atoms with Crippen molar-refractivity contribution in [3.63, 3.8) is 0 Å². The summed E-state index contributed by atoms with van der Waals surface area (Å²) in [5, 5.41) is 5.93. The van der Waals surface area contributed by atoms with E-state index < -0.39 is 0 Å². The van der Waals surface area contributed by atoms with Crippen LogP contribution in [0.3, 0.4) is 0 Å². The van der Waals surface area contributed by atoms with Crippen molar-refractivity contribution < 1.29 is 9.53 Å². The van der Waals surface area contributed by atoms with Gasteiger partial charge in [-0.05, 0) is 67.4 Å². The van der Waals surface area contributed by atoms with Crippen LogP contribution in [-0.2, 0) is 6.54 Å². The lowest BCUT2D eigenvalue weighted by molar-refractivity contribution is 0.227. The Balaban J connectivity index is 1.40. The van der Waals surface area contributed by atoms with Crippen LogP contribution in [0, 0.1) is 0 Å². The highest BCUT2D eigenvalue weighted by Crippen LogP contribution is 2.27. The molecule has 2 amide bonds. The molecule has 1 aliphatic rings. The van der Waals surface area contributed by atoms with Gasteiger partial charge in [-0.3, -0.25) is 9.47 Å². The van der Waals surface area contributed by atoms with E-state index in [1.54, 1.807) is 19.4 Å². The minimum atomic E-state index is -0.306. The summed E-state index contributed by atoms with van der Waals surface area (Å²) >= 11 is 0. The van der Waals surface area contributed by atoms with Crippen molar-refractivity contribution in [1.29, 1.82) is 0 Å². The maximum absolute atomic E-state index is 12.7. The van der Waals surface area contributed by atoms with E-state index in [0.717, 1.165) is 30.0 Å². The average Bonchev–Trinajstić information content (AvgIpc) is 3.36. The second-order valence-corrected chi connectivity index (χ2v) is 8.10. The normalized spacial score (nSPS) is 14.6. The molecule has 0 spiro atoms. The number of nitrogens with one attached hydrogen (secondary N) is 2. The molecular formula is C25H29N5O3. The number of urea groups is 1. The van der Waals surface area contributed by atoms with Crippen molar-refractivity contribution >= 4 is 11.7 Å². The first-order valence-electron chi connectivity index (χ1n) is 11.2. The Bertz CT molecular complexity index is 1140. The highest BCUT2D eigenvalue weighted by atomic mass is 16.5. The SMILES string of the molecule is COc1cccc([C@@H](CNC(=O)Nc2cccc(Cn3cccnc3=O)c2)N2CCCC2)c1. The number of methoxy groups -OCH3 is 1. The number of rotatable bonds is 8. The van der Waals surface area contributed by atoms with Gasteiger partial charge in [-0.15, -0.1) is 0 Å². The molecule has 8 heteroatoms. The van der Waals surface area contributed by atoms with Crippen LogP contribution in [0.2, 0.25) is 0 Å². The first kappa shape index (κ1) is 22.5. The number of hydrogen-bond acceptors (Lipinski definition) is 5. The first-order valence-corrected chi connectivity index (χ1v) is 11.2. The molecule has 2 aromatic carbocycles. The molecule has 0 aliphatic carbocycles. The lowest BCUT2D eigenvalue weighted by Crippen LogP contribution is -2.38. The van der Waals surface area contributed by atoms with Crippen molar-refractivity contribution in [1.82, 2.24) is 19.8 Å². The molecule has 1 fully saturated rings. The molecule has 172 valence electrons. The van der Waals surface area contributed by atoms with Crippen LogP contribution in [0.25, 0.3) is 0 Å². The van der Waals surface area contributed by atoms with Crippen molar-refractivity contribution in [2.75, 3.05) is 32.1 Å². The maximum atomic E-state index is 12.7. The third-order valence-electron chi connectivity index (χ3n) is 5.84. The third kappa shape index (κ3) is 5.98. The van der Waals surface area contributed by atoms with Gasteiger partial charge in [0.05, 0.1) is 19.7 Å². The Kier molecular flexibility index (Phi) is 7.36. The molecular weight excluding hydrogens is 418 g/mol. The van der Waals surface area contributed by atoms with E-state index in [1.165, 1.54) is 23.6 Å². The Hall–Kier alpha value is -3.65. The molecule has 3 aromatic rings. The summed E-state index contributed by atoms with van der Waals surface area (Å²) in [7, 11) is 1.66. The van der Waals surface area contributed by atoms with Gasteiger partial charge >= 0.3 is 11.7 Å². The van der Waals surface area contributed by atoms with E-state index >= 15 is 0 Å². The number of ether oxygens (including phenoxy) is 1. The quantitative estimate of drug-likeness (QED) is 0.553. The van der Waals surface area contributed by atoms with Crippen molar-refractivity contribution in [2.24, 2.45) is 0 Å². The summed E-state index contributed by atoms with van der Waals surface area (Å²) < 4.78 is 6.91. The standard InChI is InChI=1S/C25H29N5O3/c1-33-22-10-5-8-20(16-22)23(29-12-2-3-13-29)17-27-24(31)28-21-9-4-7-19(15-21)18-30-14-6-11-26-25(30)32/h4-11,14-16,23H,2-3,12-13,17-18H2,1H3,(H2,27,28,31)/t23-/m1/s1. The zero-order valence-corrected chi connectivity index (χ0v) is 18.7. The predicted molar refractivity (Wildman–Crippen MR) is 128 cm³/mol. The Labute approximate surface area is 193 Å². The molecule has 0 radical (unpaired) electrons. The highest BCUT2D eigenvalue weighted by Gasteiger charge is 2.24. The van der Waals surface area contributed by atoms with Gasteiger partial charge in [0, 0.05) is 24.6 Å². The third-order valence-corrected chi connectivity index (χ3v) is 5.84. The molecule has 1 saturated heterocycles. The molecule has 1 aromatic heterocycles. The lowest BCUT2D eigenvalue weighted by Gasteiger charge is -2.28. The van der Waals surface area contributed by atoms with Gasteiger partial charge in [-0.1, -0.05) is 24.3 Å². The lowest BCUT2D eigenvalue weighted by atomic mass is 10.1. The molecule has 8 nitrogen and oxygen atoms in total. The van der Waals surface area contributed by atoms with E-state index in [4.69, 9.17) is 4.74 Å². The predicted octanol–water partition coefficient (Wildman–Crippen LogP) is 3.26. The van der Waals surface area contributed by atoms with Gasteiger partial charge in [0.2, 0.25) is 0 Å². The molecule has 0 saturated carbocycles. The highest BCUT2D eigenvalue weighted by molar-refractivity contribution is 5.89. The molecule has 33 heavy (non-hydrogen) atoms. The number of amides is 2. The average molecular weight is 448 g/mol. The smallest absolute Gasteiger partial charge is 0.347 e. The number of carbonyl (C=O) groups excluding carboxylic acids is 1. The van der Waals surface area contributed by atoms with Gasteiger partial charge < -0.3 is 15.4 Å². The second kappa shape index (κ2) is 10.8. The van der Waals surface area contributed by atoms with Gasteiger partial charge in [-0.25, -0.2) is 14.6 Å². The first-order chi connectivity index (χ1) is 16.1. The minimum Gasteiger partial charge on any atom is -0.497 e. The zero-order chi connectivity index (χ0) is 23.0. The number of benzene rings is 2. The summed E-state index contributed by atoms with van der Waals surface area (Å²) in [5.74, 6) is 0.811. The number of carbonyl (C=O) groups is 1. The van der Waals surface area contributed by atoms with Crippen molar-refractivity contribution in [3.05, 3.63) is 88.6 Å². The minimum absolute atomic E-state index is 0.0807. The molecule has 2 heterocycles. The molecule has 4 rings (SSSR count). The molecule has 1 aliphatic heterocycles. The Morgan fingerprint density at radius 2 is 1.94 bits per heavy atom. The number of anilines is 1. The Morgan fingerprint density at radius 1 is 1.12 bits per heavy atom. The number of aromatic nitrogens is 2. The number of hydrogen-bond donors (Lipinski definition) is 2. The second-order valence-electron chi connectivity index (χ2n) is 8.10. The fourth-order valence-electron chi connectivity index (χ4n) is 4.18. The summed E-state index contributed by atoms with van der Waals surface area (Å²) in [5.41, 5.74) is 2.38. The fourth-order valence-corrected chi connectivity index (χ4v) is 4.18. The molecule has 2 N–H and O–H groups in total. The molecule has 0 bridgehead atoms. The molecule has 0 unspecified atom stereocenters. The van der Waals surface area contributed by atoms with Crippen LogP contribution in [0.5, 0.6) is 5.75 Å². The van der Waals surface area contributed by atoms with Gasteiger partial charge in [0.1, 0.15) is 5.75 Å². The van der Waals surface area contributed by atoms with Crippen LogP contribution < -0.4 is 21.1 Å². The van der Waals surface area contributed by atoms with Crippen LogP contribution in [0.15, 0.2) is 71.8 Å². The molecule has 1 atom stereocenters. The summed E-state index contributed by atoms with van der Waals surface area (Å²) in [6.45, 7) is 2.91. The maximum Gasteiger partial charge on any atom is 0.347 e. The summed E-state index contributed by atoms with van der Waals surface area (Å²) in [6.07, 6.45) is 5.50. The summed E-state index contributed by atoms with van der Waals surface area (Å²) in [6, 6.07) is 17.0. The van der Waals surface area contributed by atoms with Crippen molar-refractivity contribution in [2.45, 2.75) is 25.4 Å². The van der Waals surface area contributed by atoms with Crippen LogP contribution in [0.4, 0.5) is 10.5 Å². The van der Waals surface area contributed by atoms with E-state index in [1.807, 2.05) is 42.5 Å². The van der Waals surface area contributed by atoms with E-state index in [-0.39, 0.29) is 17.8 Å². The van der Waals surface area contributed by atoms with Crippen molar-refractivity contribution in [3.8, 4) is 5.75 Å². The van der Waals surface area contributed by atoms with Gasteiger partial charge in [-0.2, -0.15) is 0 Å². The Morgan fingerprint density at radius 3 is 2.73 bits per heavy atom. The topological polar surface area (TPSA) is 88.5 Å². The van der Waals surface area contributed by atoms with Crippen LogP contribution in [-0.4, -0.2) is 47.2 Å². The number of likely N-dealkylation sites (tertiary alicyclic amines) is 1. The van der Waals surface area contributed by atoms with Gasteiger partial charge in [0.25, 0.3) is 0 Å². The van der Waals surface area contributed by atoms with Crippen LogP contribution in [0.1, 0.15) is 30.0 Å². The van der Waals surface area contributed by atoms with Gasteiger partial charge in [0.15, 0.2) is 0 Å². The largest absolute Gasteiger partial charge is 0.497 e. The number of nitrogens with zero attached hydrogens (tertiary/aromatic N) is 3. The van der Waals surface area contributed by atoms with E-state index in [2.05, 4.69) is 26.6 Å².